The summed E-state index contributed by atoms with van der Waals surface area (Å²) in [6, 6.07) is 8.84. The van der Waals surface area contributed by atoms with Crippen LogP contribution in [0.5, 0.6) is 0 Å². The zero-order valence-corrected chi connectivity index (χ0v) is 13.0. The standard InChI is InChI=1S/C18H25N3O/c22-17(15-11-18(15)6-9-19-10-7-18)21-12-16-14-4-2-1-3-13(14)5-8-20-16/h1-4,15-16,19-20H,5-12H2,(H,21,22). The van der Waals surface area contributed by atoms with E-state index in [9.17, 15) is 4.79 Å². The zero-order valence-electron chi connectivity index (χ0n) is 13.0. The molecule has 2 heterocycles. The topological polar surface area (TPSA) is 53.2 Å². The maximum atomic E-state index is 12.5. The van der Waals surface area contributed by atoms with Crippen molar-refractivity contribution in [2.24, 2.45) is 11.3 Å². The summed E-state index contributed by atoms with van der Waals surface area (Å²) >= 11 is 0. The molecule has 1 amide bonds. The molecule has 4 nitrogen and oxygen atoms in total. The number of benzene rings is 1. The molecule has 0 aromatic heterocycles. The molecule has 1 aromatic carbocycles. The second-order valence-electron chi connectivity index (χ2n) is 7.07. The lowest BCUT2D eigenvalue weighted by molar-refractivity contribution is -0.123. The van der Waals surface area contributed by atoms with Gasteiger partial charge in [-0.1, -0.05) is 24.3 Å². The molecule has 22 heavy (non-hydrogen) atoms. The molecule has 2 atom stereocenters. The molecule has 0 bridgehead atoms. The van der Waals surface area contributed by atoms with Gasteiger partial charge in [-0.15, -0.1) is 0 Å². The van der Waals surface area contributed by atoms with Crippen LogP contribution in [0, 0.1) is 11.3 Å². The highest BCUT2D eigenvalue weighted by atomic mass is 16.2. The van der Waals surface area contributed by atoms with Gasteiger partial charge in [0.2, 0.25) is 5.91 Å². The number of rotatable bonds is 3. The Balaban J connectivity index is 1.35. The number of hydrogen-bond acceptors (Lipinski definition) is 3. The summed E-state index contributed by atoms with van der Waals surface area (Å²) in [6.45, 7) is 3.85. The molecule has 1 saturated carbocycles. The van der Waals surface area contributed by atoms with E-state index in [2.05, 4.69) is 40.2 Å². The molecule has 1 aromatic rings. The van der Waals surface area contributed by atoms with Gasteiger partial charge < -0.3 is 16.0 Å². The molecule has 3 N–H and O–H groups in total. The molecule has 1 aliphatic carbocycles. The molecule has 118 valence electrons. The Labute approximate surface area is 132 Å². The zero-order chi connectivity index (χ0) is 15.0. The van der Waals surface area contributed by atoms with Gasteiger partial charge in [-0.25, -0.2) is 0 Å². The third-order valence-electron chi connectivity index (χ3n) is 5.80. The average molecular weight is 299 g/mol. The van der Waals surface area contributed by atoms with E-state index < -0.39 is 0 Å². The van der Waals surface area contributed by atoms with Crippen molar-refractivity contribution >= 4 is 5.91 Å². The van der Waals surface area contributed by atoms with Crippen LogP contribution < -0.4 is 16.0 Å². The van der Waals surface area contributed by atoms with Crippen molar-refractivity contribution in [1.82, 2.24) is 16.0 Å². The van der Waals surface area contributed by atoms with Gasteiger partial charge >= 0.3 is 0 Å². The Hall–Kier alpha value is -1.39. The van der Waals surface area contributed by atoms with Gasteiger partial charge in [0.1, 0.15) is 0 Å². The summed E-state index contributed by atoms with van der Waals surface area (Å²) in [5.41, 5.74) is 3.09. The molecule has 2 unspecified atom stereocenters. The molecule has 2 fully saturated rings. The molecule has 1 spiro atoms. The highest BCUT2D eigenvalue weighted by Gasteiger charge is 2.57. The van der Waals surface area contributed by atoms with Gasteiger partial charge in [0.15, 0.2) is 0 Å². The van der Waals surface area contributed by atoms with Gasteiger partial charge in [-0.3, -0.25) is 4.79 Å². The normalized spacial score (nSPS) is 28.9. The van der Waals surface area contributed by atoms with Crippen molar-refractivity contribution in [1.29, 1.82) is 0 Å². The Kier molecular flexibility index (Phi) is 3.66. The van der Waals surface area contributed by atoms with Crippen molar-refractivity contribution in [3.63, 3.8) is 0 Å². The monoisotopic (exact) mass is 299 g/mol. The van der Waals surface area contributed by atoms with Gasteiger partial charge in [-0.05, 0) is 61.9 Å². The van der Waals surface area contributed by atoms with Crippen LogP contribution in [0.2, 0.25) is 0 Å². The Morgan fingerprint density at radius 1 is 1.23 bits per heavy atom. The lowest BCUT2D eigenvalue weighted by atomic mass is 9.91. The summed E-state index contributed by atoms with van der Waals surface area (Å²) in [6.07, 6.45) is 4.50. The van der Waals surface area contributed by atoms with Crippen molar-refractivity contribution in [2.45, 2.75) is 31.7 Å². The quantitative estimate of drug-likeness (QED) is 0.790. The van der Waals surface area contributed by atoms with Crippen molar-refractivity contribution in [2.75, 3.05) is 26.2 Å². The Morgan fingerprint density at radius 2 is 2.05 bits per heavy atom. The van der Waals surface area contributed by atoms with Crippen molar-refractivity contribution in [3.05, 3.63) is 35.4 Å². The molecule has 4 heteroatoms. The number of nitrogens with one attached hydrogen (secondary N) is 3. The van der Waals surface area contributed by atoms with Crippen LogP contribution in [0.1, 0.15) is 36.4 Å². The number of piperidine rings is 1. The second kappa shape index (κ2) is 5.67. The number of amides is 1. The van der Waals surface area contributed by atoms with Gasteiger partial charge in [0.25, 0.3) is 0 Å². The van der Waals surface area contributed by atoms with E-state index in [1.807, 2.05) is 0 Å². The largest absolute Gasteiger partial charge is 0.354 e. The molecular formula is C18H25N3O. The molecule has 0 radical (unpaired) electrons. The van der Waals surface area contributed by atoms with Crippen LogP contribution in [-0.2, 0) is 11.2 Å². The number of carbonyl (C=O) groups is 1. The van der Waals surface area contributed by atoms with E-state index >= 15 is 0 Å². The summed E-state index contributed by atoms with van der Waals surface area (Å²) < 4.78 is 0. The lowest BCUT2D eigenvalue weighted by Gasteiger charge is -2.27. The smallest absolute Gasteiger partial charge is 0.223 e. The third kappa shape index (κ3) is 2.55. The fourth-order valence-electron chi connectivity index (χ4n) is 4.30. The number of carbonyl (C=O) groups excluding carboxylic acids is 1. The minimum absolute atomic E-state index is 0.258. The van der Waals surface area contributed by atoms with E-state index in [4.69, 9.17) is 0 Å². The fourth-order valence-corrected chi connectivity index (χ4v) is 4.30. The number of hydrogen-bond donors (Lipinski definition) is 3. The van der Waals surface area contributed by atoms with Gasteiger partial charge in [0.05, 0.1) is 0 Å². The molecule has 1 saturated heterocycles. The highest BCUT2D eigenvalue weighted by Crippen LogP contribution is 2.58. The lowest BCUT2D eigenvalue weighted by Crippen LogP contribution is -2.40. The summed E-state index contributed by atoms with van der Waals surface area (Å²) in [7, 11) is 0. The second-order valence-corrected chi connectivity index (χ2v) is 7.07. The molecular weight excluding hydrogens is 274 g/mol. The Bertz CT molecular complexity index is 565. The first kappa shape index (κ1) is 14.2. The van der Waals surface area contributed by atoms with E-state index in [1.54, 1.807) is 0 Å². The summed E-state index contributed by atoms with van der Waals surface area (Å²) in [5.74, 6) is 0.528. The fraction of sp³-hybridized carbons (Fsp3) is 0.611. The van der Waals surface area contributed by atoms with E-state index in [0.29, 0.717) is 12.0 Å². The first-order chi connectivity index (χ1) is 10.8. The van der Waals surface area contributed by atoms with Crippen LogP contribution in [0.4, 0.5) is 0 Å². The maximum Gasteiger partial charge on any atom is 0.223 e. The first-order valence-electron chi connectivity index (χ1n) is 8.58. The van der Waals surface area contributed by atoms with Gasteiger partial charge in [-0.2, -0.15) is 0 Å². The molecule has 2 aliphatic heterocycles. The van der Waals surface area contributed by atoms with Crippen LogP contribution in [0.15, 0.2) is 24.3 Å². The maximum absolute atomic E-state index is 12.5. The molecule has 3 aliphatic rings. The van der Waals surface area contributed by atoms with E-state index in [-0.39, 0.29) is 17.9 Å². The van der Waals surface area contributed by atoms with E-state index in [1.165, 1.54) is 11.1 Å². The Morgan fingerprint density at radius 3 is 2.91 bits per heavy atom. The first-order valence-corrected chi connectivity index (χ1v) is 8.58. The third-order valence-corrected chi connectivity index (χ3v) is 5.80. The predicted octanol–water partition coefficient (Wildman–Crippen LogP) is 1.38. The minimum Gasteiger partial charge on any atom is -0.354 e. The minimum atomic E-state index is 0.258. The molecule has 4 rings (SSSR count). The van der Waals surface area contributed by atoms with Crippen molar-refractivity contribution < 1.29 is 4.79 Å². The number of fused-ring (bicyclic) bond motifs is 1. The van der Waals surface area contributed by atoms with Gasteiger partial charge in [0, 0.05) is 18.5 Å². The summed E-state index contributed by atoms with van der Waals surface area (Å²) in [5, 5.41) is 10.1. The van der Waals surface area contributed by atoms with Crippen LogP contribution >= 0.6 is 0 Å². The van der Waals surface area contributed by atoms with Crippen LogP contribution in [-0.4, -0.2) is 32.1 Å². The average Bonchev–Trinajstić information content (AvgIpc) is 3.26. The van der Waals surface area contributed by atoms with Crippen LogP contribution in [0.25, 0.3) is 0 Å². The predicted molar refractivity (Wildman–Crippen MR) is 86.5 cm³/mol. The van der Waals surface area contributed by atoms with Crippen molar-refractivity contribution in [3.8, 4) is 0 Å². The summed E-state index contributed by atoms with van der Waals surface area (Å²) in [4.78, 5) is 12.5. The highest BCUT2D eigenvalue weighted by molar-refractivity contribution is 5.82. The SMILES string of the molecule is O=C(NCC1NCCc2ccccc21)C1CC12CCNCC2. The van der Waals surface area contributed by atoms with Crippen LogP contribution in [0.3, 0.4) is 0 Å². The van der Waals surface area contributed by atoms with E-state index in [0.717, 1.165) is 45.3 Å².